The summed E-state index contributed by atoms with van der Waals surface area (Å²) in [6.07, 6.45) is 0. The highest BCUT2D eigenvalue weighted by Gasteiger charge is 2.18. The van der Waals surface area contributed by atoms with E-state index in [2.05, 4.69) is 25.6 Å². The normalized spacial score (nSPS) is 13.4. The number of nitrogens with zero attached hydrogens (tertiary/aromatic N) is 5. The van der Waals surface area contributed by atoms with Crippen molar-refractivity contribution in [3.05, 3.63) is 64.2 Å². The van der Waals surface area contributed by atoms with Crippen molar-refractivity contribution in [3.63, 3.8) is 0 Å². The molecule has 0 unspecified atom stereocenters. The molecule has 0 bridgehead atoms. The standard InChI is InChI=1S/C21H21N7O3S2/c1-14-5-7-15(8-6-14)22-18-24-19(23-16-3-2-4-17(13-16)28(29)30)26-20(25-18)33-21(32)27-9-11-31-12-10-27/h2-8,13H,9-12H2,1H3,(H2,22,23,24,25,26). The summed E-state index contributed by atoms with van der Waals surface area (Å²) in [5, 5.41) is 17.7. The lowest BCUT2D eigenvalue weighted by molar-refractivity contribution is -0.384. The van der Waals surface area contributed by atoms with Crippen LogP contribution in [0, 0.1) is 17.0 Å². The fourth-order valence-electron chi connectivity index (χ4n) is 2.99. The molecule has 0 saturated carbocycles. The number of hydrogen-bond donors (Lipinski definition) is 2. The Morgan fingerprint density at radius 3 is 2.39 bits per heavy atom. The van der Waals surface area contributed by atoms with Gasteiger partial charge in [-0.2, -0.15) is 15.0 Å². The lowest BCUT2D eigenvalue weighted by atomic mass is 10.2. The fraction of sp³-hybridized carbons (Fsp3) is 0.238. The minimum atomic E-state index is -0.453. The van der Waals surface area contributed by atoms with Crippen LogP contribution in [0.4, 0.5) is 29.0 Å². The zero-order chi connectivity index (χ0) is 23.2. The van der Waals surface area contributed by atoms with E-state index in [0.717, 1.165) is 11.3 Å². The molecule has 2 heterocycles. The Bertz CT molecular complexity index is 1150. The van der Waals surface area contributed by atoms with Gasteiger partial charge in [0.1, 0.15) is 4.32 Å². The predicted molar refractivity (Wildman–Crippen MR) is 132 cm³/mol. The zero-order valence-electron chi connectivity index (χ0n) is 17.7. The van der Waals surface area contributed by atoms with Gasteiger partial charge in [-0.3, -0.25) is 10.1 Å². The summed E-state index contributed by atoms with van der Waals surface area (Å²) in [5.74, 6) is 0.571. The molecule has 1 aliphatic heterocycles. The molecule has 3 aromatic rings. The molecule has 4 rings (SSSR count). The number of nitrogens with one attached hydrogen (secondary N) is 2. The second-order valence-corrected chi connectivity index (χ2v) is 8.76. The molecule has 1 aromatic heterocycles. The van der Waals surface area contributed by atoms with E-state index < -0.39 is 4.92 Å². The third kappa shape index (κ3) is 6.34. The third-order valence-electron chi connectivity index (χ3n) is 4.68. The monoisotopic (exact) mass is 483 g/mol. The van der Waals surface area contributed by atoms with Crippen LogP contribution in [0.3, 0.4) is 0 Å². The van der Waals surface area contributed by atoms with Gasteiger partial charge in [-0.05, 0) is 36.9 Å². The van der Waals surface area contributed by atoms with Crippen LogP contribution in [-0.4, -0.2) is 55.4 Å². The van der Waals surface area contributed by atoms with E-state index in [-0.39, 0.29) is 11.6 Å². The van der Waals surface area contributed by atoms with Crippen LogP contribution in [0.2, 0.25) is 0 Å². The van der Waals surface area contributed by atoms with Gasteiger partial charge in [-0.15, -0.1) is 0 Å². The molecule has 170 valence electrons. The van der Waals surface area contributed by atoms with Gasteiger partial charge in [0.15, 0.2) is 0 Å². The van der Waals surface area contributed by atoms with Crippen LogP contribution in [-0.2, 0) is 4.74 Å². The molecule has 1 fully saturated rings. The average Bonchev–Trinajstić information content (AvgIpc) is 2.81. The number of morpholine rings is 1. The Labute approximate surface area is 199 Å². The van der Waals surface area contributed by atoms with E-state index in [1.54, 1.807) is 12.1 Å². The summed E-state index contributed by atoms with van der Waals surface area (Å²) in [4.78, 5) is 26.1. The number of hydrogen-bond acceptors (Lipinski definition) is 10. The number of nitro benzene ring substituents is 1. The number of non-ortho nitro benzene ring substituents is 1. The molecule has 1 aliphatic rings. The number of aryl methyl sites for hydroxylation is 1. The van der Waals surface area contributed by atoms with Gasteiger partial charge in [0.2, 0.25) is 17.1 Å². The number of anilines is 4. The molecule has 2 aromatic carbocycles. The molecule has 0 amide bonds. The van der Waals surface area contributed by atoms with E-state index in [9.17, 15) is 10.1 Å². The molecule has 0 radical (unpaired) electrons. The molecular formula is C21H21N7O3S2. The quantitative estimate of drug-likeness (QED) is 0.226. The van der Waals surface area contributed by atoms with E-state index in [1.165, 1.54) is 23.9 Å². The van der Waals surface area contributed by atoms with Crippen molar-refractivity contribution < 1.29 is 9.66 Å². The highest BCUT2D eigenvalue weighted by atomic mass is 32.2. The first-order valence-electron chi connectivity index (χ1n) is 10.1. The summed E-state index contributed by atoms with van der Waals surface area (Å²) in [7, 11) is 0. The first-order valence-corrected chi connectivity index (χ1v) is 11.3. The largest absolute Gasteiger partial charge is 0.378 e. The van der Waals surface area contributed by atoms with E-state index >= 15 is 0 Å². The molecule has 2 N–H and O–H groups in total. The summed E-state index contributed by atoms with van der Waals surface area (Å²) in [6.45, 7) is 4.68. The van der Waals surface area contributed by atoms with Crippen LogP contribution in [0.25, 0.3) is 0 Å². The first-order chi connectivity index (χ1) is 16.0. The molecule has 12 heteroatoms. The maximum Gasteiger partial charge on any atom is 0.271 e. The molecular weight excluding hydrogens is 462 g/mol. The van der Waals surface area contributed by atoms with E-state index in [4.69, 9.17) is 17.0 Å². The van der Waals surface area contributed by atoms with Crippen molar-refractivity contribution in [1.29, 1.82) is 0 Å². The number of ether oxygens (including phenoxy) is 1. The smallest absolute Gasteiger partial charge is 0.271 e. The first kappa shape index (κ1) is 22.8. The van der Waals surface area contributed by atoms with Crippen molar-refractivity contribution >= 4 is 57.3 Å². The van der Waals surface area contributed by atoms with Gasteiger partial charge in [-0.1, -0.05) is 36.0 Å². The average molecular weight is 484 g/mol. The SMILES string of the molecule is Cc1ccc(Nc2nc(Nc3cccc([N+](=O)[O-])c3)nc(SC(=S)N3CCOCC3)n2)cc1. The number of nitro groups is 1. The van der Waals surface area contributed by atoms with Gasteiger partial charge >= 0.3 is 0 Å². The van der Waals surface area contributed by atoms with Crippen molar-refractivity contribution in [2.75, 3.05) is 36.9 Å². The maximum atomic E-state index is 11.1. The fourth-order valence-corrected chi connectivity index (χ4v) is 4.13. The van der Waals surface area contributed by atoms with Gasteiger partial charge in [0, 0.05) is 36.6 Å². The van der Waals surface area contributed by atoms with Crippen molar-refractivity contribution in [3.8, 4) is 0 Å². The number of thioether (sulfide) groups is 1. The van der Waals surface area contributed by atoms with Gasteiger partial charge in [0.25, 0.3) is 5.69 Å². The zero-order valence-corrected chi connectivity index (χ0v) is 19.4. The molecule has 0 atom stereocenters. The number of thiocarbonyl (C=S) groups is 1. The lowest BCUT2D eigenvalue weighted by Gasteiger charge is -2.28. The van der Waals surface area contributed by atoms with Crippen LogP contribution in [0.15, 0.2) is 53.7 Å². The van der Waals surface area contributed by atoms with Crippen LogP contribution in [0.1, 0.15) is 5.56 Å². The minimum absolute atomic E-state index is 0.0323. The Morgan fingerprint density at radius 2 is 1.73 bits per heavy atom. The van der Waals surface area contributed by atoms with Gasteiger partial charge in [-0.25, -0.2) is 0 Å². The van der Waals surface area contributed by atoms with Crippen molar-refractivity contribution in [2.24, 2.45) is 0 Å². The number of rotatable bonds is 6. The summed E-state index contributed by atoms with van der Waals surface area (Å²) in [5.41, 5.74) is 2.41. The maximum absolute atomic E-state index is 11.1. The second-order valence-electron chi connectivity index (χ2n) is 7.16. The highest BCUT2D eigenvalue weighted by molar-refractivity contribution is 8.22. The molecule has 0 aliphatic carbocycles. The lowest BCUT2D eigenvalue weighted by Crippen LogP contribution is -2.38. The Kier molecular flexibility index (Phi) is 7.27. The van der Waals surface area contributed by atoms with Crippen LogP contribution in [0.5, 0.6) is 0 Å². The van der Waals surface area contributed by atoms with Crippen molar-refractivity contribution in [2.45, 2.75) is 12.1 Å². The molecule has 10 nitrogen and oxygen atoms in total. The molecule has 33 heavy (non-hydrogen) atoms. The Balaban J connectivity index is 1.60. The Morgan fingerprint density at radius 1 is 1.06 bits per heavy atom. The summed E-state index contributed by atoms with van der Waals surface area (Å²) in [6, 6.07) is 14.0. The van der Waals surface area contributed by atoms with Crippen LogP contribution >= 0.6 is 24.0 Å². The van der Waals surface area contributed by atoms with Gasteiger partial charge < -0.3 is 20.3 Å². The highest BCUT2D eigenvalue weighted by Crippen LogP contribution is 2.25. The summed E-state index contributed by atoms with van der Waals surface area (Å²) >= 11 is 6.84. The second kappa shape index (κ2) is 10.5. The predicted octanol–water partition coefficient (Wildman–Crippen LogP) is 4.28. The van der Waals surface area contributed by atoms with Gasteiger partial charge in [0.05, 0.1) is 18.1 Å². The van der Waals surface area contributed by atoms with E-state index in [0.29, 0.717) is 47.4 Å². The van der Waals surface area contributed by atoms with Crippen molar-refractivity contribution in [1.82, 2.24) is 19.9 Å². The summed E-state index contributed by atoms with van der Waals surface area (Å²) < 4.78 is 6.03. The molecule has 0 spiro atoms. The Hall–Kier alpha value is -3.35. The van der Waals surface area contributed by atoms with Crippen LogP contribution < -0.4 is 10.6 Å². The topological polar surface area (TPSA) is 118 Å². The van der Waals surface area contributed by atoms with E-state index in [1.807, 2.05) is 36.1 Å². The molecule has 1 saturated heterocycles. The number of aromatic nitrogens is 3. The number of benzene rings is 2. The third-order valence-corrected chi connectivity index (χ3v) is 5.99. The minimum Gasteiger partial charge on any atom is -0.378 e.